The predicted octanol–water partition coefficient (Wildman–Crippen LogP) is 3.68. The lowest BCUT2D eigenvalue weighted by Gasteiger charge is -2.30. The SMILES string of the molecule is COc1ccc(C(=O)N2CCC(C)CC2)cc1S(=O)(=O)Nc1ccc(C)cc1. The van der Waals surface area contributed by atoms with Crippen molar-refractivity contribution >= 4 is 21.6 Å². The minimum atomic E-state index is -3.91. The minimum Gasteiger partial charge on any atom is -0.495 e. The number of sulfonamides is 1. The summed E-state index contributed by atoms with van der Waals surface area (Å²) in [6.45, 7) is 5.49. The molecule has 0 unspecified atom stereocenters. The van der Waals surface area contributed by atoms with Crippen LogP contribution in [0.25, 0.3) is 0 Å². The van der Waals surface area contributed by atoms with Crippen LogP contribution in [-0.2, 0) is 10.0 Å². The van der Waals surface area contributed by atoms with Crippen molar-refractivity contribution in [2.45, 2.75) is 31.6 Å². The zero-order valence-electron chi connectivity index (χ0n) is 16.4. The average Bonchev–Trinajstić information content (AvgIpc) is 2.69. The van der Waals surface area contributed by atoms with Gasteiger partial charge in [-0.05, 0) is 56.0 Å². The molecule has 1 aliphatic heterocycles. The minimum absolute atomic E-state index is 0.0493. The molecular weight excluding hydrogens is 376 g/mol. The number of piperidine rings is 1. The molecule has 2 aromatic rings. The molecule has 0 aliphatic carbocycles. The summed E-state index contributed by atoms with van der Waals surface area (Å²) >= 11 is 0. The van der Waals surface area contributed by atoms with Crippen molar-refractivity contribution in [3.8, 4) is 5.75 Å². The molecule has 0 bridgehead atoms. The summed E-state index contributed by atoms with van der Waals surface area (Å²) in [5.74, 6) is 0.652. The van der Waals surface area contributed by atoms with Gasteiger partial charge in [0.2, 0.25) is 0 Å². The van der Waals surface area contributed by atoms with Crippen LogP contribution < -0.4 is 9.46 Å². The van der Waals surface area contributed by atoms with Crippen molar-refractivity contribution < 1.29 is 17.9 Å². The van der Waals surface area contributed by atoms with Gasteiger partial charge in [0.1, 0.15) is 10.6 Å². The van der Waals surface area contributed by atoms with Crippen LogP contribution in [0, 0.1) is 12.8 Å². The Balaban J connectivity index is 1.90. The maximum Gasteiger partial charge on any atom is 0.265 e. The van der Waals surface area contributed by atoms with Crippen LogP contribution in [0.2, 0.25) is 0 Å². The molecule has 28 heavy (non-hydrogen) atoms. The quantitative estimate of drug-likeness (QED) is 0.828. The van der Waals surface area contributed by atoms with Gasteiger partial charge in [-0.1, -0.05) is 24.6 Å². The number of carbonyl (C=O) groups is 1. The van der Waals surface area contributed by atoms with Crippen LogP contribution in [0.4, 0.5) is 5.69 Å². The lowest BCUT2D eigenvalue weighted by atomic mass is 9.98. The van der Waals surface area contributed by atoms with Crippen LogP contribution in [0.5, 0.6) is 5.75 Å². The smallest absolute Gasteiger partial charge is 0.265 e. The summed E-state index contributed by atoms with van der Waals surface area (Å²) in [5.41, 5.74) is 1.83. The van der Waals surface area contributed by atoms with E-state index >= 15 is 0 Å². The first-order valence-corrected chi connectivity index (χ1v) is 10.9. The van der Waals surface area contributed by atoms with Crippen molar-refractivity contribution in [2.24, 2.45) is 5.92 Å². The Morgan fingerprint density at radius 2 is 1.75 bits per heavy atom. The van der Waals surface area contributed by atoms with Gasteiger partial charge < -0.3 is 9.64 Å². The number of benzene rings is 2. The van der Waals surface area contributed by atoms with Crippen LogP contribution in [0.1, 0.15) is 35.7 Å². The fraction of sp³-hybridized carbons (Fsp3) is 0.381. The number of hydrogen-bond donors (Lipinski definition) is 1. The number of nitrogens with one attached hydrogen (secondary N) is 1. The maximum atomic E-state index is 12.9. The van der Waals surface area contributed by atoms with Crippen LogP contribution in [-0.4, -0.2) is 39.4 Å². The molecule has 150 valence electrons. The summed E-state index contributed by atoms with van der Waals surface area (Å²) in [6.07, 6.45) is 1.92. The lowest BCUT2D eigenvalue weighted by Crippen LogP contribution is -2.38. The van der Waals surface area contributed by atoms with E-state index in [1.807, 2.05) is 19.1 Å². The second kappa shape index (κ2) is 8.22. The molecule has 6 nitrogen and oxygen atoms in total. The zero-order chi connectivity index (χ0) is 20.3. The third-order valence-corrected chi connectivity index (χ3v) is 6.48. The Labute approximate surface area is 166 Å². The van der Waals surface area contributed by atoms with Gasteiger partial charge in [0, 0.05) is 24.3 Å². The monoisotopic (exact) mass is 402 g/mol. The van der Waals surface area contributed by atoms with Gasteiger partial charge in [-0.2, -0.15) is 0 Å². The van der Waals surface area contributed by atoms with Crippen LogP contribution in [0.3, 0.4) is 0 Å². The highest BCUT2D eigenvalue weighted by Crippen LogP contribution is 2.28. The van der Waals surface area contributed by atoms with E-state index in [-0.39, 0.29) is 16.6 Å². The standard InChI is InChI=1S/C21H26N2O4S/c1-15-4-7-18(8-5-15)22-28(25,26)20-14-17(6-9-19(20)27-3)21(24)23-12-10-16(2)11-13-23/h4-9,14,16,22H,10-13H2,1-3H3. The number of aryl methyl sites for hydroxylation is 1. The third-order valence-electron chi connectivity index (χ3n) is 5.07. The molecule has 1 saturated heterocycles. The van der Waals surface area contributed by atoms with Crippen LogP contribution in [0.15, 0.2) is 47.4 Å². The maximum absolute atomic E-state index is 12.9. The molecule has 0 spiro atoms. The topological polar surface area (TPSA) is 75.7 Å². The van der Waals surface area contributed by atoms with Crippen LogP contribution >= 0.6 is 0 Å². The molecule has 1 N–H and O–H groups in total. The number of likely N-dealkylation sites (tertiary alicyclic amines) is 1. The molecule has 1 heterocycles. The van der Waals surface area contributed by atoms with Crippen molar-refractivity contribution in [1.29, 1.82) is 0 Å². The largest absolute Gasteiger partial charge is 0.495 e. The normalized spacial score (nSPS) is 15.3. The lowest BCUT2D eigenvalue weighted by molar-refractivity contribution is 0.0697. The molecule has 0 saturated carbocycles. The molecule has 7 heteroatoms. The second-order valence-corrected chi connectivity index (χ2v) is 8.96. The van der Waals surface area contributed by atoms with Gasteiger partial charge in [0.05, 0.1) is 7.11 Å². The number of methoxy groups -OCH3 is 1. The summed E-state index contributed by atoms with van der Waals surface area (Å²) in [5, 5.41) is 0. The van der Waals surface area contributed by atoms with Gasteiger partial charge in [-0.25, -0.2) is 8.42 Å². The van der Waals surface area contributed by atoms with E-state index in [2.05, 4.69) is 11.6 Å². The van der Waals surface area contributed by atoms with Gasteiger partial charge >= 0.3 is 0 Å². The van der Waals surface area contributed by atoms with Gasteiger partial charge in [0.15, 0.2) is 0 Å². The van der Waals surface area contributed by atoms with Crippen molar-refractivity contribution in [3.05, 3.63) is 53.6 Å². The van der Waals surface area contributed by atoms with Gasteiger partial charge in [-0.15, -0.1) is 0 Å². The van der Waals surface area contributed by atoms with E-state index in [9.17, 15) is 13.2 Å². The number of amides is 1. The third kappa shape index (κ3) is 4.47. The molecule has 3 rings (SSSR count). The van der Waals surface area contributed by atoms with E-state index in [1.54, 1.807) is 23.1 Å². The second-order valence-electron chi connectivity index (χ2n) is 7.31. The number of hydrogen-bond acceptors (Lipinski definition) is 4. The zero-order valence-corrected chi connectivity index (χ0v) is 17.3. The highest BCUT2D eigenvalue weighted by molar-refractivity contribution is 7.92. The Morgan fingerprint density at radius 1 is 1.11 bits per heavy atom. The summed E-state index contributed by atoms with van der Waals surface area (Å²) in [6, 6.07) is 11.6. The Morgan fingerprint density at radius 3 is 2.36 bits per heavy atom. The number of rotatable bonds is 5. The summed E-state index contributed by atoms with van der Waals surface area (Å²) < 4.78 is 33.7. The molecule has 1 fully saturated rings. The highest BCUT2D eigenvalue weighted by atomic mass is 32.2. The van der Waals surface area contributed by atoms with E-state index in [4.69, 9.17) is 4.74 Å². The Kier molecular flexibility index (Phi) is 5.93. The number of ether oxygens (including phenoxy) is 1. The molecule has 0 aromatic heterocycles. The molecular formula is C21H26N2O4S. The predicted molar refractivity (Wildman–Crippen MR) is 109 cm³/mol. The Bertz CT molecular complexity index is 947. The van der Waals surface area contributed by atoms with E-state index in [0.29, 0.717) is 30.3 Å². The molecule has 0 atom stereocenters. The van der Waals surface area contributed by atoms with Crippen molar-refractivity contribution in [3.63, 3.8) is 0 Å². The fourth-order valence-electron chi connectivity index (χ4n) is 3.25. The average molecular weight is 403 g/mol. The summed E-state index contributed by atoms with van der Waals surface area (Å²) in [7, 11) is -2.50. The molecule has 1 amide bonds. The molecule has 1 aliphatic rings. The van der Waals surface area contributed by atoms with Crippen molar-refractivity contribution in [2.75, 3.05) is 24.9 Å². The van der Waals surface area contributed by atoms with E-state index in [0.717, 1.165) is 18.4 Å². The first-order chi connectivity index (χ1) is 13.3. The van der Waals surface area contributed by atoms with Gasteiger partial charge in [-0.3, -0.25) is 9.52 Å². The molecule has 2 aromatic carbocycles. The van der Waals surface area contributed by atoms with E-state index < -0.39 is 10.0 Å². The number of carbonyl (C=O) groups excluding carboxylic acids is 1. The molecule has 0 radical (unpaired) electrons. The number of nitrogens with zero attached hydrogens (tertiary/aromatic N) is 1. The van der Waals surface area contributed by atoms with Gasteiger partial charge in [0.25, 0.3) is 15.9 Å². The highest BCUT2D eigenvalue weighted by Gasteiger charge is 2.25. The first kappa shape index (κ1) is 20.2. The van der Waals surface area contributed by atoms with Crippen molar-refractivity contribution in [1.82, 2.24) is 4.90 Å². The summed E-state index contributed by atoms with van der Waals surface area (Å²) in [4.78, 5) is 14.6. The fourth-order valence-corrected chi connectivity index (χ4v) is 4.50. The Hall–Kier alpha value is -2.54. The van der Waals surface area contributed by atoms with E-state index in [1.165, 1.54) is 19.2 Å². The first-order valence-electron chi connectivity index (χ1n) is 9.37. The number of anilines is 1.